The molecule has 0 spiro atoms. The van der Waals surface area contributed by atoms with Gasteiger partial charge in [0.1, 0.15) is 34.3 Å². The zero-order valence-corrected chi connectivity index (χ0v) is 44.0. The molecule has 0 bridgehead atoms. The zero-order chi connectivity index (χ0) is 52.2. The van der Waals surface area contributed by atoms with Gasteiger partial charge in [-0.1, -0.05) is 38.6 Å². The summed E-state index contributed by atoms with van der Waals surface area (Å²) in [4.78, 5) is 41.1. The van der Waals surface area contributed by atoms with Crippen LogP contribution in [0.4, 0.5) is 31.8 Å². The molecule has 0 aromatic carbocycles. The van der Waals surface area contributed by atoms with Crippen LogP contribution < -0.4 is 17.2 Å². The van der Waals surface area contributed by atoms with E-state index < -0.39 is 16.8 Å². The predicted octanol–water partition coefficient (Wildman–Crippen LogP) is 9.43. The summed E-state index contributed by atoms with van der Waals surface area (Å²) < 4.78 is 28.2. The van der Waals surface area contributed by atoms with Crippen molar-refractivity contribution in [1.82, 2.24) is 45.3 Å². The Morgan fingerprint density at radius 3 is 1.39 bits per heavy atom. The van der Waals surface area contributed by atoms with E-state index in [1.165, 1.54) is 0 Å². The van der Waals surface area contributed by atoms with Crippen LogP contribution in [-0.4, -0.2) is 138 Å². The molecule has 4 aliphatic heterocycles. The fraction of sp³-hybridized carbons (Fsp3) is 0.620. The first-order chi connectivity index (χ1) is 32.4. The van der Waals surface area contributed by atoms with Crippen molar-refractivity contribution in [3.63, 3.8) is 0 Å². The summed E-state index contributed by atoms with van der Waals surface area (Å²) in [6, 6.07) is 10.4. The topological polar surface area (TPSA) is 262 Å². The molecule has 0 atom stereocenters. The Labute approximate surface area is 433 Å². The second-order valence-corrected chi connectivity index (χ2v) is 21.6. The van der Waals surface area contributed by atoms with E-state index in [1.807, 2.05) is 114 Å². The minimum absolute atomic E-state index is 0. The van der Waals surface area contributed by atoms with Gasteiger partial charge in [0.2, 0.25) is 0 Å². The van der Waals surface area contributed by atoms with Crippen LogP contribution in [-0.2, 0) is 23.5 Å². The van der Waals surface area contributed by atoms with Crippen LogP contribution in [0.2, 0.25) is 5.15 Å². The maximum absolute atomic E-state index is 12.1. The van der Waals surface area contributed by atoms with E-state index in [2.05, 4.69) is 30.6 Å². The summed E-state index contributed by atoms with van der Waals surface area (Å²) in [5.41, 5.74) is 18.1. The van der Waals surface area contributed by atoms with Crippen molar-refractivity contribution in [3.8, 4) is 0 Å². The summed E-state index contributed by atoms with van der Waals surface area (Å²) in [7, 11) is -0.314. The van der Waals surface area contributed by atoms with Crippen molar-refractivity contribution in [1.29, 1.82) is 0 Å². The quantitative estimate of drug-likeness (QED) is 0.163. The molecule has 400 valence electrons. The Kier molecular flexibility index (Phi) is 22.7. The standard InChI is InChI=1S/C16H28BNO4.C14H22N4O2.C14H20N4O2.C4H4ClN3.2CH4/c1-14(2,3)20-13(19)18-10-8-12(9-11-18)17-21-15(4,5)16(6,7)22-17;2*1-14(2,3)20-13(19)18-8-6-10(7-9-18)11-4-5-12(15)17-16-11;5-3-1-2-4(6)8-7-3;;/h8H,9-11H2,1-7H3;4-5,10H,6-9H2,1-3H3,(H2,15,17);4-6H,7-9H2,1-3H3,(H2,15,17);1-2H,(H2,6,8);2*1H4. The molecule has 72 heavy (non-hydrogen) atoms. The third-order valence-electron chi connectivity index (χ3n) is 11.3. The summed E-state index contributed by atoms with van der Waals surface area (Å²) in [6.45, 7) is 28.7. The third-order valence-corrected chi connectivity index (χ3v) is 11.5. The van der Waals surface area contributed by atoms with Crippen molar-refractivity contribution in [2.45, 2.75) is 164 Å². The zero-order valence-electron chi connectivity index (χ0n) is 43.2. The molecule has 4 aliphatic rings. The number of rotatable bonds is 3. The molecule has 7 rings (SSSR count). The highest BCUT2D eigenvalue weighted by atomic mass is 35.5. The summed E-state index contributed by atoms with van der Waals surface area (Å²) in [5, 5.41) is 23.2. The molecule has 7 heterocycles. The highest BCUT2D eigenvalue weighted by Gasteiger charge is 2.52. The van der Waals surface area contributed by atoms with Gasteiger partial charge < -0.3 is 55.4 Å². The maximum Gasteiger partial charge on any atom is 0.490 e. The molecule has 0 radical (unpaired) electrons. The van der Waals surface area contributed by atoms with E-state index in [0.717, 1.165) is 48.1 Å². The Hall–Kier alpha value is -5.80. The lowest BCUT2D eigenvalue weighted by molar-refractivity contribution is 0.00578. The lowest BCUT2D eigenvalue weighted by atomic mass is 9.75. The van der Waals surface area contributed by atoms with Gasteiger partial charge in [-0.25, -0.2) is 14.4 Å². The van der Waals surface area contributed by atoms with Crippen molar-refractivity contribution in [2.75, 3.05) is 56.5 Å². The fourth-order valence-electron chi connectivity index (χ4n) is 6.87. The van der Waals surface area contributed by atoms with E-state index in [-0.39, 0.29) is 51.5 Å². The number of carbonyl (C=O) groups excluding carboxylic acids is 3. The van der Waals surface area contributed by atoms with E-state index in [1.54, 1.807) is 39.0 Å². The smallest absolute Gasteiger partial charge is 0.444 e. The van der Waals surface area contributed by atoms with E-state index in [4.69, 9.17) is 52.3 Å². The lowest BCUT2D eigenvalue weighted by Crippen LogP contribution is -2.41. The lowest BCUT2D eigenvalue weighted by Gasteiger charge is -2.33. The van der Waals surface area contributed by atoms with Gasteiger partial charge in [0.25, 0.3) is 0 Å². The Morgan fingerprint density at radius 1 is 0.597 bits per heavy atom. The van der Waals surface area contributed by atoms with E-state index in [0.29, 0.717) is 67.8 Å². The first-order valence-electron chi connectivity index (χ1n) is 23.5. The number of halogens is 1. The first-order valence-corrected chi connectivity index (χ1v) is 23.9. The fourth-order valence-corrected chi connectivity index (χ4v) is 6.98. The number of carbonyl (C=O) groups is 3. The molecule has 6 N–H and O–H groups in total. The van der Waals surface area contributed by atoms with Gasteiger partial charge in [0.05, 0.1) is 22.6 Å². The van der Waals surface area contributed by atoms with Crippen molar-refractivity contribution in [2.24, 2.45) is 0 Å². The van der Waals surface area contributed by atoms with Crippen LogP contribution in [0.3, 0.4) is 0 Å². The molecule has 3 aromatic heterocycles. The number of anilines is 3. The molecule has 0 unspecified atom stereocenters. The van der Waals surface area contributed by atoms with Gasteiger partial charge in [-0.3, -0.25) is 0 Å². The summed E-state index contributed by atoms with van der Waals surface area (Å²) >= 11 is 5.38. The van der Waals surface area contributed by atoms with E-state index >= 15 is 0 Å². The van der Waals surface area contributed by atoms with Crippen LogP contribution in [0.5, 0.6) is 0 Å². The van der Waals surface area contributed by atoms with Crippen LogP contribution >= 0.6 is 11.6 Å². The number of likely N-dealkylation sites (tertiary alicyclic amines) is 1. The molecule has 3 aromatic rings. The number of nitrogens with zero attached hydrogens (tertiary/aromatic N) is 9. The molecular weight excluding hydrogens is 943 g/mol. The largest absolute Gasteiger partial charge is 0.490 e. The van der Waals surface area contributed by atoms with Crippen LogP contribution in [0.15, 0.2) is 54.0 Å². The minimum Gasteiger partial charge on any atom is -0.444 e. The number of aromatic nitrogens is 6. The molecule has 2 saturated heterocycles. The first kappa shape index (κ1) is 62.3. The Balaban J connectivity index is 0.000000339. The van der Waals surface area contributed by atoms with Gasteiger partial charge in [0.15, 0.2) is 5.15 Å². The Bertz CT molecular complexity index is 2220. The number of piperidine rings is 1. The van der Waals surface area contributed by atoms with E-state index in [9.17, 15) is 14.4 Å². The van der Waals surface area contributed by atoms with Crippen molar-refractivity contribution >= 4 is 60.0 Å². The van der Waals surface area contributed by atoms with Gasteiger partial charge in [-0.05, 0) is 163 Å². The highest BCUT2D eigenvalue weighted by Crippen LogP contribution is 2.39. The Morgan fingerprint density at radius 2 is 1.03 bits per heavy atom. The van der Waals surface area contributed by atoms with Crippen LogP contribution in [0.25, 0.3) is 5.57 Å². The minimum atomic E-state index is -0.469. The maximum atomic E-state index is 12.1. The summed E-state index contributed by atoms with van der Waals surface area (Å²) in [6.07, 6.45) is 6.44. The highest BCUT2D eigenvalue weighted by molar-refractivity contribution is 6.54. The number of hydrogen-bond donors (Lipinski definition) is 3. The normalized spacial score (nSPS) is 17.5. The second kappa shape index (κ2) is 26.2. The van der Waals surface area contributed by atoms with Gasteiger partial charge >= 0.3 is 25.4 Å². The van der Waals surface area contributed by atoms with Gasteiger partial charge in [-0.2, -0.15) is 5.10 Å². The average molecular weight is 1030 g/mol. The number of nitrogen functional groups attached to an aromatic ring is 3. The second-order valence-electron chi connectivity index (χ2n) is 21.2. The number of ether oxygens (including phenoxy) is 3. The molecule has 20 nitrogen and oxygen atoms in total. The number of hydrogen-bond acceptors (Lipinski definition) is 17. The van der Waals surface area contributed by atoms with Gasteiger partial charge in [-0.15, -0.1) is 25.5 Å². The van der Waals surface area contributed by atoms with Gasteiger partial charge in [0, 0.05) is 45.2 Å². The number of amides is 3. The molecular formula is C50H82BClN12O8. The molecule has 3 amide bonds. The van der Waals surface area contributed by atoms with Crippen molar-refractivity contribution < 1.29 is 37.9 Å². The molecule has 0 aliphatic carbocycles. The SMILES string of the molecule is C.C.CC(C)(C)OC(=O)N1CC=C(B2OC(C)(C)C(C)(C)O2)CC1.CC(C)(C)OC(=O)N1CC=C(c2ccc(N)nn2)CC1.CC(C)(C)OC(=O)N1CCC(c2ccc(N)nn2)CC1.Nc1ccc(Cl)nn1. The molecule has 0 saturated carbocycles. The third kappa shape index (κ3) is 20.4. The van der Waals surface area contributed by atoms with Crippen molar-refractivity contribution in [3.05, 3.63) is 70.6 Å². The monoisotopic (exact) mass is 1020 g/mol. The summed E-state index contributed by atoms with van der Waals surface area (Å²) in [5.74, 6) is 1.55. The predicted molar refractivity (Wildman–Crippen MR) is 285 cm³/mol. The molecule has 2 fully saturated rings. The van der Waals surface area contributed by atoms with Crippen LogP contribution in [0, 0.1) is 0 Å². The van der Waals surface area contributed by atoms with Crippen LogP contribution in [0.1, 0.15) is 148 Å². The average Bonchev–Trinajstić information content (AvgIpc) is 3.49. The number of nitrogens with two attached hydrogens (primary N) is 3. The molecule has 22 heteroatoms.